The number of benzene rings is 2. The fourth-order valence-corrected chi connectivity index (χ4v) is 3.62. The van der Waals surface area contributed by atoms with Gasteiger partial charge in [0.25, 0.3) is 0 Å². The van der Waals surface area contributed by atoms with Crippen molar-refractivity contribution in [3.8, 4) is 5.75 Å². The minimum Gasteiger partial charge on any atom is -0.491 e. The van der Waals surface area contributed by atoms with Crippen molar-refractivity contribution in [2.24, 2.45) is 4.99 Å². The predicted octanol–water partition coefficient (Wildman–Crippen LogP) is 3.79. The molecule has 0 saturated heterocycles. The molecule has 0 unspecified atom stereocenters. The Bertz CT molecular complexity index is 953. The van der Waals surface area contributed by atoms with Crippen molar-refractivity contribution >= 4 is 39.8 Å². The molecule has 0 saturated carbocycles. The second-order valence-corrected chi connectivity index (χ2v) is 10.2. The van der Waals surface area contributed by atoms with Crippen LogP contribution in [0.15, 0.2) is 58.4 Å². The van der Waals surface area contributed by atoms with Gasteiger partial charge in [-0.1, -0.05) is 51.1 Å². The van der Waals surface area contributed by atoms with Crippen LogP contribution in [0.2, 0.25) is 0 Å². The van der Waals surface area contributed by atoms with Crippen LogP contribution < -0.4 is 15.4 Å². The summed E-state index contributed by atoms with van der Waals surface area (Å²) in [6, 6.07) is 15.1. The number of halogens is 1. The molecule has 2 aromatic carbocycles. The minimum absolute atomic E-state index is 0. The first kappa shape index (κ1) is 27.2. The summed E-state index contributed by atoms with van der Waals surface area (Å²) in [6.07, 6.45) is 1.98. The molecule has 2 N–H and O–H groups in total. The van der Waals surface area contributed by atoms with E-state index in [-0.39, 0.29) is 29.4 Å². The molecule has 0 bridgehead atoms. The predicted molar refractivity (Wildman–Crippen MR) is 139 cm³/mol. The van der Waals surface area contributed by atoms with Crippen LogP contribution in [0, 0.1) is 0 Å². The van der Waals surface area contributed by atoms with Crippen LogP contribution >= 0.6 is 24.0 Å². The monoisotopic (exact) mass is 559 g/mol. The second kappa shape index (κ2) is 12.3. The molecule has 0 amide bonds. The van der Waals surface area contributed by atoms with Crippen LogP contribution in [0.1, 0.15) is 31.9 Å². The van der Waals surface area contributed by atoms with E-state index in [1.165, 1.54) is 11.8 Å². The Morgan fingerprint density at radius 2 is 1.61 bits per heavy atom. The summed E-state index contributed by atoms with van der Waals surface area (Å²) in [4.78, 5) is 4.56. The van der Waals surface area contributed by atoms with Crippen LogP contribution in [0.25, 0.3) is 0 Å². The van der Waals surface area contributed by atoms with Crippen molar-refractivity contribution in [3.63, 3.8) is 0 Å². The number of rotatable bonds is 8. The summed E-state index contributed by atoms with van der Waals surface area (Å²) in [5, 5.41) is 6.51. The number of aliphatic imine (C=N–C) groups is 1. The van der Waals surface area contributed by atoms with Crippen molar-refractivity contribution < 1.29 is 13.2 Å². The number of sulfone groups is 1. The van der Waals surface area contributed by atoms with Crippen LogP contribution in [-0.4, -0.2) is 47.4 Å². The Kier molecular flexibility index (Phi) is 10.8. The number of nitrogens with zero attached hydrogens (tertiary/aromatic N) is 1. The number of ether oxygens (including phenoxy) is 1. The third-order valence-electron chi connectivity index (χ3n) is 4.63. The van der Waals surface area contributed by atoms with Crippen molar-refractivity contribution in [2.45, 2.75) is 37.5 Å². The number of nitrogens with one attached hydrogen (secondary N) is 2. The molecule has 2 rings (SSSR count). The summed E-state index contributed by atoms with van der Waals surface area (Å²) in [5.74, 6) is 1.61. The Morgan fingerprint density at radius 3 is 2.19 bits per heavy atom. The maximum atomic E-state index is 11.5. The molecular weight excluding hydrogens is 525 g/mol. The third kappa shape index (κ3) is 9.06. The van der Waals surface area contributed by atoms with Gasteiger partial charge in [-0.05, 0) is 41.2 Å². The number of guanidine groups is 1. The molecule has 2 aromatic rings. The zero-order chi connectivity index (χ0) is 22.2. The first-order valence-corrected chi connectivity index (χ1v) is 12.0. The fourth-order valence-electron chi connectivity index (χ4n) is 2.99. The van der Waals surface area contributed by atoms with Crippen molar-refractivity contribution in [2.75, 3.05) is 33.0 Å². The average molecular weight is 560 g/mol. The smallest absolute Gasteiger partial charge is 0.191 e. The molecule has 31 heavy (non-hydrogen) atoms. The van der Waals surface area contributed by atoms with E-state index in [2.05, 4.69) is 42.5 Å². The van der Waals surface area contributed by atoms with Crippen molar-refractivity contribution in [3.05, 3.63) is 59.7 Å². The van der Waals surface area contributed by atoms with Gasteiger partial charge in [0, 0.05) is 19.8 Å². The van der Waals surface area contributed by atoms with Gasteiger partial charge in [0.05, 0.1) is 11.4 Å². The zero-order valence-corrected chi connectivity index (χ0v) is 22.1. The molecule has 0 spiro atoms. The van der Waals surface area contributed by atoms with Gasteiger partial charge in [-0.3, -0.25) is 4.99 Å². The van der Waals surface area contributed by atoms with Gasteiger partial charge in [0.2, 0.25) is 0 Å². The van der Waals surface area contributed by atoms with Gasteiger partial charge in [-0.15, -0.1) is 24.0 Å². The van der Waals surface area contributed by atoms with Crippen molar-refractivity contribution in [1.82, 2.24) is 10.6 Å². The molecule has 0 aliphatic rings. The summed E-state index contributed by atoms with van der Waals surface area (Å²) >= 11 is 0. The summed E-state index contributed by atoms with van der Waals surface area (Å²) in [7, 11) is -1.43. The topological polar surface area (TPSA) is 79.8 Å². The van der Waals surface area contributed by atoms with Crippen LogP contribution in [-0.2, 0) is 21.7 Å². The first-order valence-electron chi connectivity index (χ1n) is 10.1. The largest absolute Gasteiger partial charge is 0.491 e. The van der Waals surface area contributed by atoms with E-state index in [0.717, 1.165) is 17.7 Å². The normalized spacial score (nSPS) is 12.1. The summed E-state index contributed by atoms with van der Waals surface area (Å²) in [5.41, 5.74) is 2.28. The third-order valence-corrected chi connectivity index (χ3v) is 5.76. The first-order chi connectivity index (χ1) is 14.1. The number of para-hydroxylation sites is 1. The molecule has 0 radical (unpaired) electrons. The molecule has 0 atom stereocenters. The van der Waals surface area contributed by atoms with E-state index in [1.54, 1.807) is 19.2 Å². The molecule has 0 aliphatic heterocycles. The molecule has 0 fully saturated rings. The standard InChI is InChI=1S/C23H33N3O3S.HI/c1-23(2,3)20-8-6-7-9-21(20)29-17-16-26-22(24-4)25-15-14-18-10-12-19(13-11-18)30(5,27)28;/h6-13H,14-17H2,1-5H3,(H2,24,25,26);1H. The highest BCUT2D eigenvalue weighted by molar-refractivity contribution is 14.0. The van der Waals surface area contributed by atoms with Gasteiger partial charge in [-0.2, -0.15) is 0 Å². The second-order valence-electron chi connectivity index (χ2n) is 8.19. The molecule has 6 nitrogen and oxygen atoms in total. The molecule has 0 heterocycles. The molecular formula is C23H34IN3O3S. The van der Waals surface area contributed by atoms with E-state index in [9.17, 15) is 8.42 Å². The molecule has 8 heteroatoms. The summed E-state index contributed by atoms with van der Waals surface area (Å²) in [6.45, 7) is 8.36. The molecule has 0 aliphatic carbocycles. The quantitative estimate of drug-likeness (QED) is 0.223. The lowest BCUT2D eigenvalue weighted by atomic mass is 9.86. The average Bonchev–Trinajstić information content (AvgIpc) is 2.69. The van der Waals surface area contributed by atoms with Crippen LogP contribution in [0.4, 0.5) is 0 Å². The van der Waals surface area contributed by atoms with E-state index in [4.69, 9.17) is 4.74 Å². The van der Waals surface area contributed by atoms with E-state index < -0.39 is 9.84 Å². The Balaban J connectivity index is 0.00000480. The van der Waals surface area contributed by atoms with Crippen LogP contribution in [0.3, 0.4) is 0 Å². The Morgan fingerprint density at radius 1 is 1.00 bits per heavy atom. The maximum Gasteiger partial charge on any atom is 0.191 e. The fraction of sp³-hybridized carbons (Fsp3) is 0.435. The van der Waals surface area contributed by atoms with Crippen LogP contribution in [0.5, 0.6) is 5.75 Å². The molecule has 172 valence electrons. The van der Waals surface area contributed by atoms with Gasteiger partial charge in [0.1, 0.15) is 12.4 Å². The van der Waals surface area contributed by atoms with Gasteiger partial charge < -0.3 is 15.4 Å². The maximum absolute atomic E-state index is 11.5. The van der Waals surface area contributed by atoms with E-state index >= 15 is 0 Å². The van der Waals surface area contributed by atoms with Crippen molar-refractivity contribution in [1.29, 1.82) is 0 Å². The molecule has 0 aromatic heterocycles. The number of hydrogen-bond donors (Lipinski definition) is 2. The number of hydrogen-bond acceptors (Lipinski definition) is 4. The Hall–Kier alpha value is -1.81. The lowest BCUT2D eigenvalue weighted by Gasteiger charge is -2.22. The van der Waals surface area contributed by atoms with E-state index in [0.29, 0.717) is 30.6 Å². The highest BCUT2D eigenvalue weighted by atomic mass is 127. The van der Waals surface area contributed by atoms with Gasteiger partial charge in [0.15, 0.2) is 15.8 Å². The zero-order valence-electron chi connectivity index (χ0n) is 18.9. The summed E-state index contributed by atoms with van der Waals surface area (Å²) < 4.78 is 29.0. The highest BCUT2D eigenvalue weighted by Crippen LogP contribution is 2.30. The van der Waals surface area contributed by atoms with Gasteiger partial charge in [-0.25, -0.2) is 8.42 Å². The Labute approximate surface area is 203 Å². The lowest BCUT2D eigenvalue weighted by Crippen LogP contribution is -2.40. The lowest BCUT2D eigenvalue weighted by molar-refractivity contribution is 0.313. The van der Waals surface area contributed by atoms with Gasteiger partial charge >= 0.3 is 0 Å². The SMILES string of the molecule is CN=C(NCCOc1ccccc1C(C)(C)C)NCCc1ccc(S(C)(=O)=O)cc1.I. The van der Waals surface area contributed by atoms with E-state index in [1.807, 2.05) is 30.3 Å². The highest BCUT2D eigenvalue weighted by Gasteiger charge is 2.18. The minimum atomic E-state index is -3.16.